The molecular formula is C15H26N2OS. The standard InChI is InChI=1S/C15H26N2OS/c1-6-8-12(13-9-7-10-19-13)16-11(2)14(18)17-15(3,4)5/h7,9-12,16H,6,8H2,1-5H3,(H,17,18). The van der Waals surface area contributed by atoms with Gasteiger partial charge in [0.1, 0.15) is 0 Å². The molecule has 1 aromatic heterocycles. The Balaban J connectivity index is 2.61. The molecule has 2 N–H and O–H groups in total. The molecule has 108 valence electrons. The molecule has 0 spiro atoms. The summed E-state index contributed by atoms with van der Waals surface area (Å²) in [5.74, 6) is 0.0603. The lowest BCUT2D eigenvalue weighted by Gasteiger charge is -2.26. The second-order valence-corrected chi connectivity index (χ2v) is 6.96. The second-order valence-electron chi connectivity index (χ2n) is 5.98. The minimum absolute atomic E-state index is 0.0603. The first-order valence-electron chi connectivity index (χ1n) is 6.95. The molecule has 0 fully saturated rings. The normalized spacial score (nSPS) is 15.0. The molecule has 1 amide bonds. The molecule has 0 aliphatic carbocycles. The molecule has 19 heavy (non-hydrogen) atoms. The van der Waals surface area contributed by atoms with Crippen LogP contribution in [0, 0.1) is 0 Å². The molecule has 2 atom stereocenters. The van der Waals surface area contributed by atoms with Crippen LogP contribution in [-0.2, 0) is 4.79 Å². The summed E-state index contributed by atoms with van der Waals surface area (Å²) in [5.41, 5.74) is -0.184. The highest BCUT2D eigenvalue weighted by Crippen LogP contribution is 2.23. The van der Waals surface area contributed by atoms with E-state index in [1.807, 2.05) is 27.7 Å². The van der Waals surface area contributed by atoms with Crippen LogP contribution in [0.5, 0.6) is 0 Å². The fourth-order valence-corrected chi connectivity index (χ4v) is 2.76. The van der Waals surface area contributed by atoms with Crippen LogP contribution in [0.15, 0.2) is 17.5 Å². The van der Waals surface area contributed by atoms with Crippen LogP contribution in [0.3, 0.4) is 0 Å². The summed E-state index contributed by atoms with van der Waals surface area (Å²) in [5, 5.41) is 8.54. The Hall–Kier alpha value is -0.870. The SMILES string of the molecule is CCCC(NC(C)C(=O)NC(C)(C)C)c1cccs1. The van der Waals surface area contributed by atoms with E-state index in [1.54, 1.807) is 11.3 Å². The van der Waals surface area contributed by atoms with E-state index in [2.05, 4.69) is 35.1 Å². The first kappa shape index (κ1) is 16.2. The quantitative estimate of drug-likeness (QED) is 0.838. The van der Waals surface area contributed by atoms with Crippen molar-refractivity contribution in [1.29, 1.82) is 0 Å². The Morgan fingerprint density at radius 2 is 2.11 bits per heavy atom. The van der Waals surface area contributed by atoms with Gasteiger partial charge in [-0.05, 0) is 45.6 Å². The zero-order valence-corrected chi connectivity index (χ0v) is 13.4. The van der Waals surface area contributed by atoms with Gasteiger partial charge in [-0.1, -0.05) is 19.4 Å². The molecule has 0 bridgehead atoms. The Bertz CT molecular complexity index is 381. The number of thiophene rings is 1. The fourth-order valence-electron chi connectivity index (χ4n) is 1.94. The average molecular weight is 282 g/mol. The van der Waals surface area contributed by atoms with Crippen LogP contribution in [0.4, 0.5) is 0 Å². The summed E-state index contributed by atoms with van der Waals surface area (Å²) in [4.78, 5) is 13.4. The molecule has 0 saturated heterocycles. The Morgan fingerprint density at radius 1 is 1.42 bits per heavy atom. The molecule has 1 heterocycles. The van der Waals surface area contributed by atoms with Crippen molar-refractivity contribution in [2.45, 2.75) is 65.1 Å². The molecule has 1 aromatic rings. The van der Waals surface area contributed by atoms with E-state index in [9.17, 15) is 4.79 Å². The smallest absolute Gasteiger partial charge is 0.237 e. The minimum Gasteiger partial charge on any atom is -0.350 e. The van der Waals surface area contributed by atoms with Gasteiger partial charge in [-0.15, -0.1) is 11.3 Å². The minimum atomic E-state index is -0.184. The number of carbonyl (C=O) groups excluding carboxylic acids is 1. The lowest BCUT2D eigenvalue weighted by molar-refractivity contribution is -0.124. The van der Waals surface area contributed by atoms with Crippen LogP contribution < -0.4 is 10.6 Å². The van der Waals surface area contributed by atoms with Gasteiger partial charge in [-0.3, -0.25) is 10.1 Å². The van der Waals surface area contributed by atoms with E-state index in [4.69, 9.17) is 0 Å². The summed E-state index contributed by atoms with van der Waals surface area (Å²) < 4.78 is 0. The van der Waals surface area contributed by atoms with Gasteiger partial charge in [0, 0.05) is 16.5 Å². The highest BCUT2D eigenvalue weighted by atomic mass is 32.1. The van der Waals surface area contributed by atoms with Gasteiger partial charge in [0.15, 0.2) is 0 Å². The molecule has 0 radical (unpaired) electrons. The molecule has 4 heteroatoms. The Kier molecular flexibility index (Phi) is 6.01. The maximum Gasteiger partial charge on any atom is 0.237 e. The monoisotopic (exact) mass is 282 g/mol. The van der Waals surface area contributed by atoms with Gasteiger partial charge >= 0.3 is 0 Å². The Morgan fingerprint density at radius 3 is 2.58 bits per heavy atom. The van der Waals surface area contributed by atoms with Crippen molar-refractivity contribution < 1.29 is 4.79 Å². The summed E-state index contributed by atoms with van der Waals surface area (Å²) >= 11 is 1.74. The van der Waals surface area contributed by atoms with Crippen LogP contribution in [0.1, 0.15) is 58.4 Å². The molecule has 0 saturated carbocycles. The summed E-state index contributed by atoms with van der Waals surface area (Å²) in [7, 11) is 0. The number of amides is 1. The van der Waals surface area contributed by atoms with Crippen molar-refractivity contribution in [2.24, 2.45) is 0 Å². The third kappa shape index (κ3) is 5.74. The highest BCUT2D eigenvalue weighted by Gasteiger charge is 2.22. The Labute approximate surface area is 120 Å². The van der Waals surface area contributed by atoms with Crippen molar-refractivity contribution >= 4 is 17.2 Å². The topological polar surface area (TPSA) is 41.1 Å². The second kappa shape index (κ2) is 7.06. The first-order valence-corrected chi connectivity index (χ1v) is 7.83. The third-order valence-electron chi connectivity index (χ3n) is 2.81. The van der Waals surface area contributed by atoms with E-state index >= 15 is 0 Å². The molecule has 2 unspecified atom stereocenters. The summed E-state index contributed by atoms with van der Waals surface area (Å²) in [6, 6.07) is 4.28. The van der Waals surface area contributed by atoms with Crippen LogP contribution in [0.25, 0.3) is 0 Å². The van der Waals surface area contributed by atoms with Gasteiger partial charge in [-0.2, -0.15) is 0 Å². The zero-order chi connectivity index (χ0) is 14.5. The van der Waals surface area contributed by atoms with Crippen LogP contribution >= 0.6 is 11.3 Å². The fraction of sp³-hybridized carbons (Fsp3) is 0.667. The summed E-state index contributed by atoms with van der Waals surface area (Å²) in [6.45, 7) is 10.1. The van der Waals surface area contributed by atoms with Crippen molar-refractivity contribution in [2.75, 3.05) is 0 Å². The predicted octanol–water partition coefficient (Wildman–Crippen LogP) is 3.48. The van der Waals surface area contributed by atoms with Crippen LogP contribution in [-0.4, -0.2) is 17.5 Å². The van der Waals surface area contributed by atoms with Gasteiger partial charge in [0.05, 0.1) is 6.04 Å². The number of hydrogen-bond acceptors (Lipinski definition) is 3. The van der Waals surface area contributed by atoms with E-state index in [0.717, 1.165) is 12.8 Å². The first-order chi connectivity index (χ1) is 8.83. The number of nitrogens with one attached hydrogen (secondary N) is 2. The third-order valence-corrected chi connectivity index (χ3v) is 3.79. The lowest BCUT2D eigenvalue weighted by atomic mass is 10.1. The van der Waals surface area contributed by atoms with Gasteiger partial charge in [0.25, 0.3) is 0 Å². The number of carbonyl (C=O) groups is 1. The van der Waals surface area contributed by atoms with E-state index in [1.165, 1.54) is 4.88 Å². The molecular weight excluding hydrogens is 256 g/mol. The van der Waals surface area contributed by atoms with E-state index < -0.39 is 0 Å². The molecule has 3 nitrogen and oxygen atoms in total. The predicted molar refractivity (Wildman–Crippen MR) is 82.5 cm³/mol. The average Bonchev–Trinajstić information content (AvgIpc) is 2.79. The maximum absolute atomic E-state index is 12.1. The molecule has 0 aromatic carbocycles. The van der Waals surface area contributed by atoms with Gasteiger partial charge in [-0.25, -0.2) is 0 Å². The van der Waals surface area contributed by atoms with Gasteiger partial charge < -0.3 is 5.32 Å². The van der Waals surface area contributed by atoms with Crippen molar-refractivity contribution in [1.82, 2.24) is 10.6 Å². The largest absolute Gasteiger partial charge is 0.350 e. The number of rotatable bonds is 6. The molecule has 1 rings (SSSR count). The van der Waals surface area contributed by atoms with Gasteiger partial charge in [0.2, 0.25) is 5.91 Å². The molecule has 0 aliphatic rings. The maximum atomic E-state index is 12.1. The summed E-state index contributed by atoms with van der Waals surface area (Å²) in [6.07, 6.45) is 2.15. The molecule has 0 aliphatic heterocycles. The lowest BCUT2D eigenvalue weighted by Crippen LogP contribution is -2.50. The van der Waals surface area contributed by atoms with E-state index in [0.29, 0.717) is 0 Å². The highest BCUT2D eigenvalue weighted by molar-refractivity contribution is 7.10. The van der Waals surface area contributed by atoms with Crippen molar-refractivity contribution in [3.8, 4) is 0 Å². The number of hydrogen-bond donors (Lipinski definition) is 2. The van der Waals surface area contributed by atoms with Crippen molar-refractivity contribution in [3.63, 3.8) is 0 Å². The zero-order valence-electron chi connectivity index (χ0n) is 12.6. The van der Waals surface area contributed by atoms with Crippen molar-refractivity contribution in [3.05, 3.63) is 22.4 Å². The van der Waals surface area contributed by atoms with Crippen LogP contribution in [0.2, 0.25) is 0 Å². The van der Waals surface area contributed by atoms with E-state index in [-0.39, 0.29) is 23.5 Å².